The van der Waals surface area contributed by atoms with Crippen LogP contribution >= 0.6 is 0 Å². The largest absolute Gasteiger partial charge is 0.378 e. The summed E-state index contributed by atoms with van der Waals surface area (Å²) < 4.78 is 1.98. The van der Waals surface area contributed by atoms with Gasteiger partial charge in [0.25, 0.3) is 0 Å². The number of hydrogen-bond acceptors (Lipinski definition) is 3. The second kappa shape index (κ2) is 7.08. The average molecular weight is 337 g/mol. The van der Waals surface area contributed by atoms with Crippen LogP contribution in [0, 0.1) is 11.8 Å². The van der Waals surface area contributed by atoms with E-state index in [-0.39, 0.29) is 5.96 Å². The van der Waals surface area contributed by atoms with Gasteiger partial charge in [-0.15, -0.1) is 0 Å². The van der Waals surface area contributed by atoms with Gasteiger partial charge in [-0.2, -0.15) is 4.99 Å². The minimum absolute atomic E-state index is 0.247. The van der Waals surface area contributed by atoms with Gasteiger partial charge in [-0.05, 0) is 43.7 Å². The quantitative estimate of drug-likeness (QED) is 0.475. The molecule has 6 nitrogen and oxygen atoms in total. The van der Waals surface area contributed by atoms with Crippen LogP contribution in [0.2, 0.25) is 0 Å². The van der Waals surface area contributed by atoms with Crippen molar-refractivity contribution in [1.82, 2.24) is 9.55 Å². The third kappa shape index (κ3) is 3.72. The molecule has 2 aromatic heterocycles. The van der Waals surface area contributed by atoms with Crippen molar-refractivity contribution in [3.8, 4) is 11.8 Å². The molecule has 0 unspecified atom stereocenters. The molecular weight excluding hydrogens is 314 g/mol. The van der Waals surface area contributed by atoms with Crippen molar-refractivity contribution < 1.29 is 5.11 Å². The summed E-state index contributed by atoms with van der Waals surface area (Å²) in [6, 6.07) is 3.90. The molecule has 0 aromatic carbocycles. The van der Waals surface area contributed by atoms with Crippen LogP contribution in [0.15, 0.2) is 34.5 Å². The summed E-state index contributed by atoms with van der Waals surface area (Å²) in [7, 11) is 1.62. The van der Waals surface area contributed by atoms with Crippen molar-refractivity contribution in [2.24, 2.45) is 15.7 Å². The fraction of sp³-hybridized carbons (Fsp3) is 0.421. The fourth-order valence-electron chi connectivity index (χ4n) is 3.07. The first-order valence-corrected chi connectivity index (χ1v) is 8.57. The van der Waals surface area contributed by atoms with E-state index in [4.69, 9.17) is 5.73 Å². The number of fused-ring (bicyclic) bond motifs is 1. The maximum atomic E-state index is 10.4. The lowest BCUT2D eigenvalue weighted by Crippen LogP contribution is -2.20. The first kappa shape index (κ1) is 17.2. The Balaban J connectivity index is 2.00. The molecular formula is C19H23N5O. The highest BCUT2D eigenvalue weighted by Gasteiger charge is 2.28. The first-order valence-electron chi connectivity index (χ1n) is 8.57. The van der Waals surface area contributed by atoms with E-state index in [9.17, 15) is 5.11 Å². The number of aromatic nitrogens is 2. The average Bonchev–Trinajstić information content (AvgIpc) is 3.24. The summed E-state index contributed by atoms with van der Waals surface area (Å²) in [5.74, 6) is 7.08. The molecule has 3 N–H and O–H groups in total. The van der Waals surface area contributed by atoms with E-state index < -0.39 is 5.60 Å². The van der Waals surface area contributed by atoms with Gasteiger partial charge in [0.1, 0.15) is 17.1 Å². The SMILES string of the molecule is CC/C(=N\C(N)=NC)n1ccc2cnc(C#CC3(O)CCCC3)cc21. The maximum absolute atomic E-state index is 10.4. The lowest BCUT2D eigenvalue weighted by molar-refractivity contribution is 0.110. The summed E-state index contributed by atoms with van der Waals surface area (Å²) in [4.78, 5) is 12.7. The number of hydrogen-bond donors (Lipinski definition) is 2. The molecule has 25 heavy (non-hydrogen) atoms. The molecule has 1 aliphatic rings. The van der Waals surface area contributed by atoms with Gasteiger partial charge >= 0.3 is 0 Å². The van der Waals surface area contributed by atoms with E-state index in [1.807, 2.05) is 29.8 Å². The van der Waals surface area contributed by atoms with Crippen molar-refractivity contribution in [2.75, 3.05) is 7.05 Å². The van der Waals surface area contributed by atoms with Crippen LogP contribution in [0.5, 0.6) is 0 Å². The van der Waals surface area contributed by atoms with E-state index in [1.54, 1.807) is 13.2 Å². The molecule has 0 bridgehead atoms. The van der Waals surface area contributed by atoms with Crippen LogP contribution in [0.3, 0.4) is 0 Å². The van der Waals surface area contributed by atoms with Crippen molar-refractivity contribution in [3.63, 3.8) is 0 Å². The molecule has 6 heteroatoms. The molecule has 0 aliphatic heterocycles. The highest BCUT2D eigenvalue weighted by atomic mass is 16.3. The summed E-state index contributed by atoms with van der Waals surface area (Å²) in [5, 5.41) is 11.4. The zero-order valence-corrected chi connectivity index (χ0v) is 14.7. The number of aliphatic imine (C=N–C) groups is 2. The van der Waals surface area contributed by atoms with Crippen LogP contribution in [0.4, 0.5) is 0 Å². The zero-order valence-electron chi connectivity index (χ0n) is 14.7. The number of pyridine rings is 1. The molecule has 0 saturated heterocycles. The molecule has 0 atom stereocenters. The Kier molecular flexibility index (Phi) is 4.86. The van der Waals surface area contributed by atoms with Crippen LogP contribution in [-0.4, -0.2) is 39.1 Å². The van der Waals surface area contributed by atoms with Crippen molar-refractivity contribution >= 4 is 22.7 Å². The van der Waals surface area contributed by atoms with Gasteiger partial charge in [-0.25, -0.2) is 4.98 Å². The van der Waals surface area contributed by atoms with Gasteiger partial charge < -0.3 is 15.4 Å². The number of guanidine groups is 1. The third-order valence-corrected chi connectivity index (χ3v) is 4.50. The van der Waals surface area contributed by atoms with E-state index >= 15 is 0 Å². The van der Waals surface area contributed by atoms with Gasteiger partial charge in [0.15, 0.2) is 0 Å². The second-order valence-electron chi connectivity index (χ2n) is 6.27. The fourth-order valence-corrected chi connectivity index (χ4v) is 3.07. The lowest BCUT2D eigenvalue weighted by Gasteiger charge is -2.12. The van der Waals surface area contributed by atoms with E-state index in [0.717, 1.165) is 42.4 Å². The van der Waals surface area contributed by atoms with Crippen LogP contribution in [0.25, 0.3) is 10.9 Å². The molecule has 130 valence electrons. The molecule has 0 radical (unpaired) electrons. The molecule has 0 amide bonds. The van der Waals surface area contributed by atoms with E-state index in [0.29, 0.717) is 12.1 Å². The lowest BCUT2D eigenvalue weighted by atomic mass is 10.0. The molecule has 1 saturated carbocycles. The minimum atomic E-state index is -0.860. The molecule has 3 rings (SSSR count). The Labute approximate surface area is 147 Å². The number of aliphatic hydroxyl groups is 1. The minimum Gasteiger partial charge on any atom is -0.378 e. The number of nitrogens with zero attached hydrogens (tertiary/aromatic N) is 4. The van der Waals surface area contributed by atoms with Crippen molar-refractivity contribution in [1.29, 1.82) is 0 Å². The third-order valence-electron chi connectivity index (χ3n) is 4.50. The molecule has 1 aliphatic carbocycles. The van der Waals surface area contributed by atoms with Gasteiger partial charge in [-0.1, -0.05) is 12.8 Å². The van der Waals surface area contributed by atoms with Crippen molar-refractivity contribution in [3.05, 3.63) is 30.2 Å². The molecule has 1 fully saturated rings. The zero-order chi connectivity index (χ0) is 17.9. The Morgan fingerprint density at radius 1 is 1.44 bits per heavy atom. The first-order chi connectivity index (χ1) is 12.0. The van der Waals surface area contributed by atoms with Crippen LogP contribution in [0.1, 0.15) is 44.7 Å². The van der Waals surface area contributed by atoms with Gasteiger partial charge in [0.05, 0.1) is 5.52 Å². The van der Waals surface area contributed by atoms with Crippen LogP contribution < -0.4 is 5.73 Å². The number of nitrogens with two attached hydrogens (primary N) is 1. The highest BCUT2D eigenvalue weighted by Crippen LogP contribution is 2.28. The Morgan fingerprint density at radius 3 is 2.88 bits per heavy atom. The van der Waals surface area contributed by atoms with E-state index in [2.05, 4.69) is 26.8 Å². The summed E-state index contributed by atoms with van der Waals surface area (Å²) in [6.45, 7) is 2.02. The summed E-state index contributed by atoms with van der Waals surface area (Å²) in [6.07, 6.45) is 7.97. The molecule has 2 aromatic rings. The maximum Gasteiger partial charge on any atom is 0.216 e. The smallest absolute Gasteiger partial charge is 0.216 e. The highest BCUT2D eigenvalue weighted by molar-refractivity contribution is 6.01. The Hall–Kier alpha value is -2.65. The Morgan fingerprint density at radius 2 is 2.20 bits per heavy atom. The topological polar surface area (TPSA) is 88.8 Å². The predicted molar refractivity (Wildman–Crippen MR) is 101 cm³/mol. The second-order valence-corrected chi connectivity index (χ2v) is 6.27. The molecule has 2 heterocycles. The summed E-state index contributed by atoms with van der Waals surface area (Å²) >= 11 is 0. The van der Waals surface area contributed by atoms with Crippen molar-refractivity contribution in [2.45, 2.75) is 44.6 Å². The van der Waals surface area contributed by atoms with Gasteiger partial charge in [0.2, 0.25) is 5.96 Å². The standard InChI is InChI=1S/C19H23N5O/c1-3-17(23-18(20)21-2)24-11-7-14-13-22-15(12-16(14)24)6-10-19(25)8-4-5-9-19/h7,11-13,25H,3-5,8-9H2,1-2H3,(H2,20,21)/b23-17+. The predicted octanol–water partition coefficient (Wildman–Crippen LogP) is 2.29. The summed E-state index contributed by atoms with van der Waals surface area (Å²) in [5.41, 5.74) is 6.49. The number of rotatable bonds is 1. The Bertz CT molecular complexity index is 891. The van der Waals surface area contributed by atoms with Gasteiger partial charge in [-0.3, -0.25) is 4.99 Å². The van der Waals surface area contributed by atoms with Crippen LogP contribution in [-0.2, 0) is 0 Å². The normalized spacial score (nSPS) is 17.6. The van der Waals surface area contributed by atoms with E-state index in [1.165, 1.54) is 0 Å². The molecule has 0 spiro atoms. The monoisotopic (exact) mass is 337 g/mol. The van der Waals surface area contributed by atoms with Gasteiger partial charge in [0, 0.05) is 31.2 Å².